The molecule has 32 heavy (non-hydrogen) atoms. The highest BCUT2D eigenvalue weighted by Gasteiger charge is 2.31. The molecule has 0 spiro atoms. The van der Waals surface area contributed by atoms with Crippen LogP contribution in [0.25, 0.3) is 11.1 Å². The van der Waals surface area contributed by atoms with Crippen LogP contribution in [0.3, 0.4) is 0 Å². The van der Waals surface area contributed by atoms with Crippen molar-refractivity contribution >= 4 is 5.91 Å². The van der Waals surface area contributed by atoms with Crippen molar-refractivity contribution in [3.63, 3.8) is 0 Å². The highest BCUT2D eigenvalue weighted by Crippen LogP contribution is 2.29. The molecule has 1 aliphatic carbocycles. The Labute approximate surface area is 190 Å². The standard InChI is InChI=1S/C30H27NO/c32-30(29-18-10-9-17-28(29)24-13-5-2-6-14-24)31(20-19-23-11-3-1-4-12-23)27-21-25-15-7-8-16-26(25)22-27/h1-18,27H,19-22H2. The Balaban J connectivity index is 1.47. The lowest BCUT2D eigenvalue weighted by molar-refractivity contribution is 0.0688. The molecule has 0 saturated carbocycles. The van der Waals surface area contributed by atoms with E-state index < -0.39 is 0 Å². The summed E-state index contributed by atoms with van der Waals surface area (Å²) in [4.78, 5) is 16.1. The van der Waals surface area contributed by atoms with Crippen LogP contribution in [0.15, 0.2) is 109 Å². The maximum absolute atomic E-state index is 14.0. The minimum Gasteiger partial charge on any atom is -0.335 e. The molecule has 0 radical (unpaired) electrons. The van der Waals surface area contributed by atoms with Crippen LogP contribution >= 0.6 is 0 Å². The fourth-order valence-corrected chi connectivity index (χ4v) is 4.79. The van der Waals surface area contributed by atoms with Crippen LogP contribution < -0.4 is 0 Å². The zero-order valence-corrected chi connectivity index (χ0v) is 18.2. The van der Waals surface area contributed by atoms with Crippen LogP contribution in [0.2, 0.25) is 0 Å². The van der Waals surface area contributed by atoms with Crippen LogP contribution in [0.5, 0.6) is 0 Å². The molecule has 0 aliphatic heterocycles. The summed E-state index contributed by atoms with van der Waals surface area (Å²) in [6.07, 6.45) is 2.70. The highest BCUT2D eigenvalue weighted by molar-refractivity contribution is 6.01. The smallest absolute Gasteiger partial charge is 0.254 e. The monoisotopic (exact) mass is 417 g/mol. The van der Waals surface area contributed by atoms with Crippen molar-refractivity contribution in [2.45, 2.75) is 25.3 Å². The zero-order chi connectivity index (χ0) is 21.8. The first kappa shape index (κ1) is 20.3. The Hall–Kier alpha value is -3.65. The van der Waals surface area contributed by atoms with Gasteiger partial charge in [-0.15, -0.1) is 0 Å². The molecule has 2 nitrogen and oxygen atoms in total. The van der Waals surface area contributed by atoms with Crippen LogP contribution in [0.4, 0.5) is 0 Å². The fraction of sp³-hybridized carbons (Fsp3) is 0.167. The maximum atomic E-state index is 14.0. The third kappa shape index (κ3) is 4.22. The van der Waals surface area contributed by atoms with Gasteiger partial charge in [0.15, 0.2) is 0 Å². The van der Waals surface area contributed by atoms with Gasteiger partial charge in [0, 0.05) is 18.2 Å². The molecule has 0 atom stereocenters. The van der Waals surface area contributed by atoms with Gasteiger partial charge in [0.2, 0.25) is 0 Å². The van der Waals surface area contributed by atoms with Crippen LogP contribution in [-0.4, -0.2) is 23.4 Å². The van der Waals surface area contributed by atoms with Gasteiger partial charge in [-0.3, -0.25) is 4.79 Å². The van der Waals surface area contributed by atoms with Gasteiger partial charge in [-0.1, -0.05) is 103 Å². The molecule has 158 valence electrons. The van der Waals surface area contributed by atoms with Gasteiger partial charge >= 0.3 is 0 Å². The molecule has 0 heterocycles. The molecule has 1 aliphatic rings. The predicted octanol–water partition coefficient (Wildman–Crippen LogP) is 6.21. The van der Waals surface area contributed by atoms with Crippen molar-refractivity contribution < 1.29 is 4.79 Å². The third-order valence-corrected chi connectivity index (χ3v) is 6.46. The fourth-order valence-electron chi connectivity index (χ4n) is 4.79. The normalized spacial score (nSPS) is 13.0. The van der Waals surface area contributed by atoms with Gasteiger partial charge in [0.05, 0.1) is 0 Å². The van der Waals surface area contributed by atoms with E-state index in [1.54, 1.807) is 0 Å². The quantitative estimate of drug-likeness (QED) is 0.365. The molecule has 0 fully saturated rings. The Morgan fingerprint density at radius 1 is 0.688 bits per heavy atom. The topological polar surface area (TPSA) is 20.3 Å². The number of benzene rings is 4. The van der Waals surface area contributed by atoms with Crippen LogP contribution in [0.1, 0.15) is 27.0 Å². The second kappa shape index (κ2) is 9.23. The Morgan fingerprint density at radius 2 is 1.25 bits per heavy atom. The van der Waals surface area contributed by atoms with Crippen LogP contribution in [-0.2, 0) is 19.3 Å². The van der Waals surface area contributed by atoms with E-state index in [0.29, 0.717) is 6.54 Å². The summed E-state index contributed by atoms with van der Waals surface area (Å²) in [7, 11) is 0. The van der Waals surface area contributed by atoms with Crippen molar-refractivity contribution in [3.8, 4) is 11.1 Å². The maximum Gasteiger partial charge on any atom is 0.254 e. The SMILES string of the molecule is O=C(c1ccccc1-c1ccccc1)N(CCc1ccccc1)C1Cc2ccccc2C1. The summed E-state index contributed by atoms with van der Waals surface area (Å²) in [5.41, 5.74) is 6.85. The Bertz CT molecular complexity index is 1170. The molecule has 1 amide bonds. The van der Waals surface area contributed by atoms with E-state index in [4.69, 9.17) is 0 Å². The number of carbonyl (C=O) groups is 1. The van der Waals surface area contributed by atoms with E-state index >= 15 is 0 Å². The number of amides is 1. The lowest BCUT2D eigenvalue weighted by Gasteiger charge is -2.30. The van der Waals surface area contributed by atoms with Crippen molar-refractivity contribution in [1.29, 1.82) is 0 Å². The number of hydrogen-bond acceptors (Lipinski definition) is 1. The molecule has 5 rings (SSSR count). The minimum atomic E-state index is 0.123. The average molecular weight is 418 g/mol. The summed E-state index contributed by atoms with van der Waals surface area (Å²) >= 11 is 0. The second-order valence-electron chi connectivity index (χ2n) is 8.48. The van der Waals surface area contributed by atoms with Gasteiger partial charge in [0.25, 0.3) is 5.91 Å². The molecule has 0 saturated heterocycles. The largest absolute Gasteiger partial charge is 0.335 e. The van der Waals surface area contributed by atoms with Gasteiger partial charge in [-0.05, 0) is 53.1 Å². The Kier molecular flexibility index (Phi) is 5.85. The molecule has 4 aromatic carbocycles. The van der Waals surface area contributed by atoms with Crippen molar-refractivity contribution in [2.75, 3.05) is 6.54 Å². The lowest BCUT2D eigenvalue weighted by Crippen LogP contribution is -2.42. The van der Waals surface area contributed by atoms with Crippen molar-refractivity contribution in [3.05, 3.63) is 131 Å². The molecular formula is C30H27NO. The van der Waals surface area contributed by atoms with E-state index in [1.165, 1.54) is 16.7 Å². The average Bonchev–Trinajstić information content (AvgIpc) is 3.29. The first-order valence-corrected chi connectivity index (χ1v) is 11.4. The first-order chi connectivity index (χ1) is 15.8. The van der Waals surface area contributed by atoms with E-state index in [-0.39, 0.29) is 11.9 Å². The number of carbonyl (C=O) groups excluding carboxylic acids is 1. The lowest BCUT2D eigenvalue weighted by atomic mass is 9.98. The van der Waals surface area contributed by atoms with Gasteiger partial charge in [-0.2, -0.15) is 0 Å². The number of fused-ring (bicyclic) bond motifs is 1. The number of hydrogen-bond donors (Lipinski definition) is 0. The van der Waals surface area contributed by atoms with Crippen molar-refractivity contribution in [1.82, 2.24) is 4.90 Å². The molecule has 4 aromatic rings. The molecule has 0 aromatic heterocycles. The van der Waals surface area contributed by atoms with E-state index in [2.05, 4.69) is 71.6 Å². The predicted molar refractivity (Wildman–Crippen MR) is 131 cm³/mol. The second-order valence-corrected chi connectivity index (χ2v) is 8.48. The number of nitrogens with zero attached hydrogens (tertiary/aromatic N) is 1. The first-order valence-electron chi connectivity index (χ1n) is 11.4. The summed E-state index contributed by atoms with van der Waals surface area (Å²) in [6, 6.07) is 37.5. The molecule has 0 N–H and O–H groups in total. The molecule has 0 bridgehead atoms. The molecule has 2 heteroatoms. The van der Waals surface area contributed by atoms with Crippen LogP contribution in [0, 0.1) is 0 Å². The molecular weight excluding hydrogens is 390 g/mol. The van der Waals surface area contributed by atoms with E-state index in [0.717, 1.165) is 36.0 Å². The third-order valence-electron chi connectivity index (χ3n) is 6.46. The summed E-state index contributed by atoms with van der Waals surface area (Å²) in [5.74, 6) is 0.123. The Morgan fingerprint density at radius 3 is 1.94 bits per heavy atom. The summed E-state index contributed by atoms with van der Waals surface area (Å²) in [5, 5.41) is 0. The van der Waals surface area contributed by atoms with E-state index in [9.17, 15) is 4.79 Å². The zero-order valence-electron chi connectivity index (χ0n) is 18.2. The minimum absolute atomic E-state index is 0.123. The van der Waals surface area contributed by atoms with Gasteiger partial charge in [-0.25, -0.2) is 0 Å². The number of rotatable bonds is 6. The summed E-state index contributed by atoms with van der Waals surface area (Å²) in [6.45, 7) is 0.713. The van der Waals surface area contributed by atoms with E-state index in [1.807, 2.05) is 42.5 Å². The van der Waals surface area contributed by atoms with Gasteiger partial charge in [0.1, 0.15) is 0 Å². The van der Waals surface area contributed by atoms with Gasteiger partial charge < -0.3 is 4.90 Å². The summed E-state index contributed by atoms with van der Waals surface area (Å²) < 4.78 is 0. The highest BCUT2D eigenvalue weighted by atomic mass is 16.2. The van der Waals surface area contributed by atoms with Crippen molar-refractivity contribution in [2.24, 2.45) is 0 Å². The molecule has 0 unspecified atom stereocenters.